The second-order valence-electron chi connectivity index (χ2n) is 6.45. The predicted molar refractivity (Wildman–Crippen MR) is 78.4 cm³/mol. The Morgan fingerprint density at radius 1 is 1.42 bits per heavy atom. The van der Waals surface area contributed by atoms with E-state index in [1.807, 2.05) is 0 Å². The lowest BCUT2D eigenvalue weighted by molar-refractivity contribution is -0.139. The molecule has 0 aromatic carbocycles. The fraction of sp³-hybridized carbons (Fsp3) is 0.929. The molecule has 0 aromatic rings. The van der Waals surface area contributed by atoms with E-state index in [2.05, 4.69) is 26.1 Å². The number of hydrogen-bond acceptors (Lipinski definition) is 3. The predicted octanol–water partition coefficient (Wildman–Crippen LogP) is 2.00. The summed E-state index contributed by atoms with van der Waals surface area (Å²) >= 11 is 0. The largest absolute Gasteiger partial charge is 0.378 e. The van der Waals surface area contributed by atoms with Crippen LogP contribution in [-0.2, 0) is 9.53 Å². The third-order valence-electron chi connectivity index (χ3n) is 4.54. The van der Waals surface area contributed by atoms with E-state index in [9.17, 15) is 4.79 Å². The van der Waals surface area contributed by atoms with E-state index in [1.54, 1.807) is 0 Å². The van der Waals surface area contributed by atoms with Crippen LogP contribution in [0.25, 0.3) is 0 Å². The molecule has 0 heterocycles. The maximum atomic E-state index is 11.9. The van der Waals surface area contributed by atoms with Crippen LogP contribution in [-0.4, -0.2) is 30.2 Å². The Labute approximate surface area is 122 Å². The molecule has 2 aliphatic carbocycles. The lowest BCUT2D eigenvalue weighted by Gasteiger charge is -2.52. The van der Waals surface area contributed by atoms with Crippen LogP contribution in [0.2, 0.25) is 0 Å². The van der Waals surface area contributed by atoms with Crippen molar-refractivity contribution in [2.45, 2.75) is 70.6 Å². The second kappa shape index (κ2) is 5.98. The van der Waals surface area contributed by atoms with Gasteiger partial charge in [-0.2, -0.15) is 0 Å². The highest BCUT2D eigenvalue weighted by Crippen LogP contribution is 2.43. The van der Waals surface area contributed by atoms with Gasteiger partial charge in [0.15, 0.2) is 0 Å². The first kappa shape index (κ1) is 16.7. The lowest BCUT2D eigenvalue weighted by Crippen LogP contribution is -2.64. The summed E-state index contributed by atoms with van der Waals surface area (Å²) in [5.74, 6) is 0.0209. The monoisotopic (exact) mass is 290 g/mol. The SMILES string of the molecule is CCCCOC1CC(NC(=O)C2(N)CC2)C1(C)C.Cl. The molecule has 0 spiro atoms. The molecule has 0 aliphatic heterocycles. The van der Waals surface area contributed by atoms with Gasteiger partial charge in [-0.05, 0) is 25.7 Å². The molecule has 112 valence electrons. The topological polar surface area (TPSA) is 64.3 Å². The van der Waals surface area contributed by atoms with Crippen LogP contribution in [0.4, 0.5) is 0 Å². The number of nitrogens with two attached hydrogens (primary N) is 1. The summed E-state index contributed by atoms with van der Waals surface area (Å²) in [5.41, 5.74) is 5.35. The standard InChI is InChI=1S/C14H26N2O2.ClH/c1-4-5-8-18-11-9-10(13(11,2)3)16-12(17)14(15)6-7-14;/h10-11H,4-9,15H2,1-3H3,(H,16,17);1H. The number of ether oxygens (including phenoxy) is 1. The summed E-state index contributed by atoms with van der Waals surface area (Å²) in [6.45, 7) is 7.31. The van der Waals surface area contributed by atoms with Crippen LogP contribution in [0, 0.1) is 5.41 Å². The molecule has 19 heavy (non-hydrogen) atoms. The lowest BCUT2D eigenvalue weighted by atomic mass is 9.64. The molecule has 2 fully saturated rings. The van der Waals surface area contributed by atoms with E-state index in [0.29, 0.717) is 0 Å². The average Bonchev–Trinajstić information content (AvgIpc) is 3.06. The van der Waals surface area contributed by atoms with Gasteiger partial charge in [0.1, 0.15) is 0 Å². The van der Waals surface area contributed by atoms with E-state index in [-0.39, 0.29) is 35.9 Å². The molecular formula is C14H27ClN2O2. The van der Waals surface area contributed by atoms with E-state index < -0.39 is 5.54 Å². The van der Waals surface area contributed by atoms with E-state index >= 15 is 0 Å². The molecule has 2 unspecified atom stereocenters. The molecule has 3 N–H and O–H groups in total. The fourth-order valence-corrected chi connectivity index (χ4v) is 2.45. The summed E-state index contributed by atoms with van der Waals surface area (Å²) < 4.78 is 5.86. The van der Waals surface area contributed by atoms with Gasteiger partial charge in [-0.3, -0.25) is 4.79 Å². The Hall–Kier alpha value is -0.320. The summed E-state index contributed by atoms with van der Waals surface area (Å²) in [4.78, 5) is 11.9. The minimum Gasteiger partial charge on any atom is -0.378 e. The van der Waals surface area contributed by atoms with Crippen LogP contribution < -0.4 is 11.1 Å². The minimum absolute atomic E-state index is 0. The van der Waals surface area contributed by atoms with Crippen molar-refractivity contribution in [3.05, 3.63) is 0 Å². The fourth-order valence-electron chi connectivity index (χ4n) is 2.45. The smallest absolute Gasteiger partial charge is 0.240 e. The van der Waals surface area contributed by atoms with Crippen molar-refractivity contribution in [1.82, 2.24) is 5.32 Å². The van der Waals surface area contributed by atoms with Gasteiger partial charge in [0.2, 0.25) is 5.91 Å². The third kappa shape index (κ3) is 3.41. The van der Waals surface area contributed by atoms with E-state index in [1.165, 1.54) is 0 Å². The van der Waals surface area contributed by atoms with Gasteiger partial charge in [-0.1, -0.05) is 27.2 Å². The highest BCUT2D eigenvalue weighted by atomic mass is 35.5. The number of amides is 1. The molecule has 2 rings (SSSR count). The number of carbonyl (C=O) groups excluding carboxylic acids is 1. The highest BCUT2D eigenvalue weighted by molar-refractivity contribution is 5.89. The summed E-state index contributed by atoms with van der Waals surface area (Å²) in [6, 6.07) is 0.206. The van der Waals surface area contributed by atoms with Gasteiger partial charge < -0.3 is 15.8 Å². The van der Waals surface area contributed by atoms with Crippen molar-refractivity contribution in [1.29, 1.82) is 0 Å². The van der Waals surface area contributed by atoms with Crippen molar-refractivity contribution >= 4 is 18.3 Å². The Balaban J connectivity index is 0.00000180. The first-order valence-electron chi connectivity index (χ1n) is 7.11. The van der Waals surface area contributed by atoms with Gasteiger partial charge in [0.25, 0.3) is 0 Å². The molecular weight excluding hydrogens is 264 g/mol. The molecule has 0 aromatic heterocycles. The van der Waals surface area contributed by atoms with Crippen molar-refractivity contribution in [3.63, 3.8) is 0 Å². The number of rotatable bonds is 6. The third-order valence-corrected chi connectivity index (χ3v) is 4.54. The van der Waals surface area contributed by atoms with Gasteiger partial charge in [-0.25, -0.2) is 0 Å². The number of carbonyl (C=O) groups is 1. The molecule has 0 saturated heterocycles. The summed E-state index contributed by atoms with van der Waals surface area (Å²) in [5, 5.41) is 3.09. The number of nitrogens with one attached hydrogen (secondary N) is 1. The van der Waals surface area contributed by atoms with E-state index in [4.69, 9.17) is 10.5 Å². The Morgan fingerprint density at radius 3 is 2.53 bits per heavy atom. The van der Waals surface area contributed by atoms with E-state index in [0.717, 1.165) is 38.7 Å². The van der Waals surface area contributed by atoms with Gasteiger partial charge >= 0.3 is 0 Å². The normalized spacial score (nSPS) is 29.9. The molecule has 4 nitrogen and oxygen atoms in total. The van der Waals surface area contributed by atoms with Gasteiger partial charge in [-0.15, -0.1) is 12.4 Å². The molecule has 2 saturated carbocycles. The molecule has 2 atom stereocenters. The molecule has 5 heteroatoms. The molecule has 1 amide bonds. The average molecular weight is 291 g/mol. The molecule has 0 bridgehead atoms. The van der Waals surface area contributed by atoms with Crippen LogP contribution in [0.3, 0.4) is 0 Å². The Kier molecular flexibility index (Phi) is 5.27. The Bertz CT molecular complexity index is 329. The maximum absolute atomic E-state index is 11.9. The van der Waals surface area contributed by atoms with Crippen LogP contribution >= 0.6 is 12.4 Å². The van der Waals surface area contributed by atoms with Gasteiger partial charge in [0.05, 0.1) is 11.6 Å². The summed E-state index contributed by atoms with van der Waals surface area (Å²) in [6.07, 6.45) is 5.09. The van der Waals surface area contributed by atoms with Crippen molar-refractivity contribution in [2.75, 3.05) is 6.61 Å². The summed E-state index contributed by atoms with van der Waals surface area (Å²) in [7, 11) is 0. The highest BCUT2D eigenvalue weighted by Gasteiger charge is 2.53. The zero-order chi connectivity index (χ0) is 13.4. The van der Waals surface area contributed by atoms with Gasteiger partial charge in [0, 0.05) is 18.1 Å². The number of hydrogen-bond donors (Lipinski definition) is 2. The Morgan fingerprint density at radius 2 is 2.05 bits per heavy atom. The minimum atomic E-state index is -0.565. The van der Waals surface area contributed by atoms with Crippen molar-refractivity contribution in [3.8, 4) is 0 Å². The second-order valence-corrected chi connectivity index (χ2v) is 6.45. The van der Waals surface area contributed by atoms with Crippen molar-refractivity contribution in [2.24, 2.45) is 11.1 Å². The first-order valence-corrected chi connectivity index (χ1v) is 7.11. The first-order chi connectivity index (χ1) is 8.40. The van der Waals surface area contributed by atoms with Crippen molar-refractivity contribution < 1.29 is 9.53 Å². The zero-order valence-electron chi connectivity index (χ0n) is 12.2. The number of halogens is 1. The molecule has 2 aliphatic rings. The quantitative estimate of drug-likeness (QED) is 0.736. The zero-order valence-corrected chi connectivity index (χ0v) is 13.0. The van der Waals surface area contributed by atoms with Crippen LogP contribution in [0.5, 0.6) is 0 Å². The molecule has 0 radical (unpaired) electrons. The van der Waals surface area contributed by atoms with Crippen LogP contribution in [0.15, 0.2) is 0 Å². The van der Waals surface area contributed by atoms with Crippen LogP contribution in [0.1, 0.15) is 52.9 Å². The maximum Gasteiger partial charge on any atom is 0.240 e. The number of unbranched alkanes of at least 4 members (excludes halogenated alkanes) is 1.